The maximum absolute atomic E-state index is 11.0. The average Bonchev–Trinajstić information content (AvgIpc) is 2.74. The van der Waals surface area contributed by atoms with Crippen LogP contribution in [-0.2, 0) is 0 Å². The molecular formula is C11H8N2O4S2. The van der Waals surface area contributed by atoms with Crippen molar-refractivity contribution in [1.29, 1.82) is 0 Å². The highest BCUT2D eigenvalue weighted by Crippen LogP contribution is 2.33. The molecule has 0 radical (unpaired) electrons. The van der Waals surface area contributed by atoms with Crippen LogP contribution >= 0.6 is 23.1 Å². The van der Waals surface area contributed by atoms with E-state index < -0.39 is 16.6 Å². The van der Waals surface area contributed by atoms with E-state index in [1.807, 2.05) is 12.3 Å². The summed E-state index contributed by atoms with van der Waals surface area (Å²) in [5.41, 5.74) is 0.156. The Morgan fingerprint density at radius 1 is 1.53 bits per heavy atom. The smallest absolute Gasteiger partial charge is 0.342 e. The highest BCUT2D eigenvalue weighted by Gasteiger charge is 2.20. The summed E-state index contributed by atoms with van der Waals surface area (Å²) < 4.78 is 0.766. The second-order valence-corrected chi connectivity index (χ2v) is 5.78. The highest BCUT2D eigenvalue weighted by molar-refractivity contribution is 8.01. The van der Waals surface area contributed by atoms with E-state index in [-0.39, 0.29) is 5.56 Å². The first kappa shape index (κ1) is 13.5. The number of benzene rings is 1. The van der Waals surface area contributed by atoms with Gasteiger partial charge in [0.1, 0.15) is 5.56 Å². The molecule has 8 heteroatoms. The Balaban J connectivity index is 2.35. The van der Waals surface area contributed by atoms with Crippen LogP contribution in [0.15, 0.2) is 32.8 Å². The Morgan fingerprint density at radius 3 is 2.79 bits per heavy atom. The Labute approximate surface area is 116 Å². The van der Waals surface area contributed by atoms with Crippen LogP contribution in [0.4, 0.5) is 5.69 Å². The van der Waals surface area contributed by atoms with E-state index >= 15 is 0 Å². The van der Waals surface area contributed by atoms with Gasteiger partial charge in [0.25, 0.3) is 5.69 Å². The van der Waals surface area contributed by atoms with Gasteiger partial charge in [-0.2, -0.15) is 0 Å². The number of nitro groups is 1. The van der Waals surface area contributed by atoms with Gasteiger partial charge in [-0.1, -0.05) is 11.8 Å². The number of aromatic carboxylic acids is 1. The molecule has 0 unspecified atom stereocenters. The molecule has 19 heavy (non-hydrogen) atoms. The molecular weight excluding hydrogens is 288 g/mol. The van der Waals surface area contributed by atoms with Crippen LogP contribution in [-0.4, -0.2) is 21.0 Å². The first-order chi connectivity index (χ1) is 8.97. The number of thiazole rings is 1. The molecule has 2 aromatic rings. The van der Waals surface area contributed by atoms with E-state index in [2.05, 4.69) is 4.98 Å². The minimum Gasteiger partial charge on any atom is -0.477 e. The fourth-order valence-corrected chi connectivity index (χ4v) is 3.24. The highest BCUT2D eigenvalue weighted by atomic mass is 32.2. The summed E-state index contributed by atoms with van der Waals surface area (Å²) in [5, 5.41) is 21.6. The lowest BCUT2D eigenvalue weighted by molar-refractivity contribution is -0.385. The lowest BCUT2D eigenvalue weighted by atomic mass is 10.2. The number of nitro benzene ring substituents is 1. The maximum Gasteiger partial charge on any atom is 0.342 e. The van der Waals surface area contributed by atoms with E-state index in [0.29, 0.717) is 4.90 Å². The van der Waals surface area contributed by atoms with E-state index in [1.165, 1.54) is 41.3 Å². The molecule has 0 saturated heterocycles. The predicted molar refractivity (Wildman–Crippen MR) is 71.0 cm³/mol. The van der Waals surface area contributed by atoms with Gasteiger partial charge in [0.05, 0.1) is 4.92 Å². The van der Waals surface area contributed by atoms with Crippen molar-refractivity contribution in [2.45, 2.75) is 16.2 Å². The molecule has 1 aromatic carbocycles. The van der Waals surface area contributed by atoms with Crippen molar-refractivity contribution in [2.75, 3.05) is 0 Å². The van der Waals surface area contributed by atoms with Crippen LogP contribution in [0.5, 0.6) is 0 Å². The third kappa shape index (κ3) is 3.09. The topological polar surface area (TPSA) is 93.3 Å². The van der Waals surface area contributed by atoms with Crippen LogP contribution in [0.3, 0.4) is 0 Å². The summed E-state index contributed by atoms with van der Waals surface area (Å²) in [6, 6.07) is 4.01. The first-order valence-electron chi connectivity index (χ1n) is 5.09. The summed E-state index contributed by atoms with van der Waals surface area (Å²) >= 11 is 2.72. The molecule has 0 atom stereocenters. The number of hydrogen-bond acceptors (Lipinski definition) is 6. The van der Waals surface area contributed by atoms with Gasteiger partial charge in [0.15, 0.2) is 4.34 Å². The second-order valence-electron chi connectivity index (χ2n) is 3.60. The molecule has 1 heterocycles. The van der Waals surface area contributed by atoms with Crippen molar-refractivity contribution >= 4 is 34.8 Å². The minimum absolute atomic E-state index is 0.316. The number of aryl methyl sites for hydroxylation is 1. The van der Waals surface area contributed by atoms with Crippen molar-refractivity contribution in [3.63, 3.8) is 0 Å². The fourth-order valence-electron chi connectivity index (χ4n) is 1.39. The number of hydrogen-bond donors (Lipinski definition) is 1. The summed E-state index contributed by atoms with van der Waals surface area (Å²) in [6.07, 6.45) is 0. The van der Waals surface area contributed by atoms with Crippen LogP contribution in [0.25, 0.3) is 0 Å². The molecule has 0 aliphatic heterocycles. The van der Waals surface area contributed by atoms with Crippen molar-refractivity contribution in [3.8, 4) is 0 Å². The molecule has 0 aliphatic rings. The molecule has 2 rings (SSSR count). The number of nitrogens with zero attached hydrogens (tertiary/aromatic N) is 2. The molecule has 0 aliphatic carbocycles. The van der Waals surface area contributed by atoms with Gasteiger partial charge in [-0.25, -0.2) is 9.78 Å². The van der Waals surface area contributed by atoms with E-state index in [1.54, 1.807) is 0 Å². The summed E-state index contributed by atoms with van der Waals surface area (Å²) in [4.78, 5) is 25.9. The zero-order valence-corrected chi connectivity index (χ0v) is 11.3. The number of rotatable bonds is 4. The Morgan fingerprint density at radius 2 is 2.26 bits per heavy atom. The summed E-state index contributed by atoms with van der Waals surface area (Å²) in [6.45, 7) is 1.86. The normalized spacial score (nSPS) is 10.4. The monoisotopic (exact) mass is 296 g/mol. The molecule has 0 bridgehead atoms. The molecule has 6 nitrogen and oxygen atoms in total. The lowest BCUT2D eigenvalue weighted by Crippen LogP contribution is -2.02. The standard InChI is InChI=1S/C11H8N2O4S2/c1-6-5-18-11(12-6)19-7-2-3-9(13(16)17)8(4-7)10(14)15/h2-5H,1H3,(H,14,15). The van der Waals surface area contributed by atoms with Crippen LogP contribution < -0.4 is 0 Å². The number of carboxylic acids is 1. The third-order valence-electron chi connectivity index (χ3n) is 2.20. The zero-order chi connectivity index (χ0) is 14.0. The van der Waals surface area contributed by atoms with E-state index in [4.69, 9.17) is 5.11 Å². The van der Waals surface area contributed by atoms with Crippen LogP contribution in [0.1, 0.15) is 16.1 Å². The lowest BCUT2D eigenvalue weighted by Gasteiger charge is -2.01. The number of carbonyl (C=O) groups is 1. The molecule has 1 aromatic heterocycles. The van der Waals surface area contributed by atoms with Gasteiger partial charge in [0, 0.05) is 22.0 Å². The molecule has 0 saturated carbocycles. The fraction of sp³-hybridized carbons (Fsp3) is 0.0909. The predicted octanol–water partition coefficient (Wildman–Crippen LogP) is 3.21. The van der Waals surface area contributed by atoms with Gasteiger partial charge in [-0.15, -0.1) is 11.3 Å². The Hall–Kier alpha value is -1.93. The first-order valence-corrected chi connectivity index (χ1v) is 6.78. The molecule has 1 N–H and O–H groups in total. The Bertz CT molecular complexity index is 654. The summed E-state index contributed by atoms with van der Waals surface area (Å²) in [7, 11) is 0. The van der Waals surface area contributed by atoms with Gasteiger partial charge >= 0.3 is 5.97 Å². The SMILES string of the molecule is Cc1csc(Sc2ccc([N+](=O)[O-])c(C(=O)O)c2)n1. The third-order valence-corrected chi connectivity index (χ3v) is 4.24. The van der Waals surface area contributed by atoms with Gasteiger partial charge in [-0.3, -0.25) is 10.1 Å². The van der Waals surface area contributed by atoms with Crippen molar-refractivity contribution < 1.29 is 14.8 Å². The van der Waals surface area contributed by atoms with Gasteiger partial charge in [-0.05, 0) is 19.1 Å². The van der Waals surface area contributed by atoms with Gasteiger partial charge in [0.2, 0.25) is 0 Å². The maximum atomic E-state index is 11.0. The molecule has 0 fully saturated rings. The van der Waals surface area contributed by atoms with Crippen LogP contribution in [0.2, 0.25) is 0 Å². The molecule has 0 amide bonds. The van der Waals surface area contributed by atoms with Crippen LogP contribution in [0, 0.1) is 17.0 Å². The second kappa shape index (κ2) is 5.37. The molecule has 0 spiro atoms. The quantitative estimate of drug-likeness (QED) is 0.687. The minimum atomic E-state index is -1.32. The zero-order valence-electron chi connectivity index (χ0n) is 9.69. The average molecular weight is 296 g/mol. The van der Waals surface area contributed by atoms with Crippen molar-refractivity contribution in [1.82, 2.24) is 4.98 Å². The van der Waals surface area contributed by atoms with E-state index in [0.717, 1.165) is 10.0 Å². The number of carboxylic acid groups (broad SMARTS) is 1. The van der Waals surface area contributed by atoms with Crippen molar-refractivity contribution in [2.24, 2.45) is 0 Å². The van der Waals surface area contributed by atoms with Crippen molar-refractivity contribution in [3.05, 3.63) is 45.0 Å². The number of aromatic nitrogens is 1. The molecule has 98 valence electrons. The van der Waals surface area contributed by atoms with E-state index in [9.17, 15) is 14.9 Å². The summed E-state index contributed by atoms with van der Waals surface area (Å²) in [5.74, 6) is -1.32. The Kier molecular flexibility index (Phi) is 3.82. The van der Waals surface area contributed by atoms with Gasteiger partial charge < -0.3 is 5.11 Å². The largest absolute Gasteiger partial charge is 0.477 e.